The average molecular weight is 966 g/mol. The summed E-state index contributed by atoms with van der Waals surface area (Å²) in [5.74, 6) is 8.13. The minimum atomic E-state index is 0.438. The summed E-state index contributed by atoms with van der Waals surface area (Å²) in [6.45, 7) is 98.1. The second-order valence-electron chi connectivity index (χ2n) is 34.2. The molecule has 68 heavy (non-hydrogen) atoms. The molecule has 0 aromatic carbocycles. The van der Waals surface area contributed by atoms with Crippen molar-refractivity contribution in [3.63, 3.8) is 0 Å². The molecule has 0 aromatic rings. The van der Waals surface area contributed by atoms with Gasteiger partial charge in [-0.1, -0.05) is 310 Å². The molecule has 0 nitrogen and oxygen atoms in total. The second kappa shape index (κ2) is 31.7. The first-order valence-corrected chi connectivity index (χ1v) is 29.2. The first-order valence-electron chi connectivity index (χ1n) is 29.2. The minimum Gasteiger partial charge on any atom is -0.0654 e. The maximum absolute atomic E-state index is 2.42. The van der Waals surface area contributed by atoms with Crippen LogP contribution >= 0.6 is 0 Å². The van der Waals surface area contributed by atoms with E-state index in [1.54, 1.807) is 0 Å². The third-order valence-corrected chi connectivity index (χ3v) is 18.2. The third-order valence-electron chi connectivity index (χ3n) is 18.2. The Hall–Kier alpha value is 0. The molecule has 0 rings (SSSR count). The van der Waals surface area contributed by atoms with Crippen LogP contribution in [0.4, 0.5) is 0 Å². The van der Waals surface area contributed by atoms with Crippen molar-refractivity contribution >= 4 is 0 Å². The summed E-state index contributed by atoms with van der Waals surface area (Å²) in [4.78, 5) is 0. The van der Waals surface area contributed by atoms with Crippen molar-refractivity contribution in [2.24, 2.45) is 113 Å². The van der Waals surface area contributed by atoms with E-state index < -0.39 is 0 Å². The van der Waals surface area contributed by atoms with E-state index in [1.807, 2.05) is 0 Å². The van der Waals surface area contributed by atoms with E-state index in [0.29, 0.717) is 54.1 Å². The first-order chi connectivity index (χ1) is 29.2. The van der Waals surface area contributed by atoms with Crippen LogP contribution in [-0.2, 0) is 0 Å². The number of hydrogen-bond acceptors (Lipinski definition) is 0. The standard InChI is InChI=1S/2C14H30.2C13H28.2C7H16/c1-9-12(14(6,7)8)10-11(2)13(3,4)5;1-9-10-12(14(6,7)8)11(2)13(3,4)5;1-10(12(3,4)5)9-11(2)13(6,7)8;1-9-11(13(6,7)8)10(2)12(3,4)5;2*1-6(2)7(3,4)5/h2*11-12H,9-10H2,1-8H3;2*10-11H,9H2,1-8H3;2*6H,1-5H3. The SMILES string of the molecule is CC(C)C(C)(C)C.CC(C)C(C)(C)C.CC(CC(C)C(C)(C)C)C(C)(C)C.CCC(C(C)C(C)(C)C)C(C)(C)C.CCC(CC(C)C(C)(C)C)C(C)(C)C.CCCC(C(C)C(C)(C)C)C(C)(C)C. The Bertz CT molecular complexity index is 1130. The maximum atomic E-state index is 2.42. The van der Waals surface area contributed by atoms with Crippen molar-refractivity contribution in [2.75, 3.05) is 0 Å². The van der Waals surface area contributed by atoms with Crippen molar-refractivity contribution in [1.29, 1.82) is 0 Å². The molecule has 0 fully saturated rings. The minimum absolute atomic E-state index is 0.438. The lowest BCUT2D eigenvalue weighted by Crippen LogP contribution is -2.34. The fourth-order valence-corrected chi connectivity index (χ4v) is 7.82. The maximum Gasteiger partial charge on any atom is -0.0335 e. The van der Waals surface area contributed by atoms with Crippen LogP contribution in [0.2, 0.25) is 0 Å². The molecule has 0 saturated heterocycles. The number of hydrogen-bond donors (Lipinski definition) is 0. The average Bonchev–Trinajstić information content (AvgIpc) is 3.06. The lowest BCUT2D eigenvalue weighted by molar-refractivity contribution is 0.0768. The van der Waals surface area contributed by atoms with E-state index >= 15 is 0 Å². The molecule has 8 atom stereocenters. The smallest absolute Gasteiger partial charge is 0.0335 e. The normalized spacial score (nSPS) is 17.1. The molecule has 0 aliphatic heterocycles. The van der Waals surface area contributed by atoms with Crippen molar-refractivity contribution in [3.05, 3.63) is 0 Å². The molecule has 0 bridgehead atoms. The van der Waals surface area contributed by atoms with Crippen molar-refractivity contribution in [3.8, 4) is 0 Å². The van der Waals surface area contributed by atoms with Crippen LogP contribution in [0, 0.1) is 113 Å². The quantitative estimate of drug-likeness (QED) is 0.205. The number of rotatable bonds is 10. The van der Waals surface area contributed by atoms with Gasteiger partial charge in [-0.3, -0.25) is 0 Å². The van der Waals surface area contributed by atoms with Gasteiger partial charge in [-0.05, 0) is 133 Å². The van der Waals surface area contributed by atoms with E-state index in [0.717, 1.165) is 59.2 Å². The molecule has 0 saturated carbocycles. The topological polar surface area (TPSA) is 0 Å². The van der Waals surface area contributed by atoms with Crippen molar-refractivity contribution in [2.45, 2.75) is 329 Å². The van der Waals surface area contributed by atoms with Crippen LogP contribution in [0.1, 0.15) is 329 Å². The van der Waals surface area contributed by atoms with Gasteiger partial charge in [0.2, 0.25) is 0 Å². The molecule has 420 valence electrons. The first kappa shape index (κ1) is 79.4. The Morgan fingerprint density at radius 2 is 0.485 bits per heavy atom. The van der Waals surface area contributed by atoms with E-state index in [2.05, 4.69) is 291 Å². The predicted octanol–water partition coefficient (Wildman–Crippen LogP) is 25.1. The zero-order chi connectivity index (χ0) is 57.0. The van der Waals surface area contributed by atoms with Crippen molar-refractivity contribution < 1.29 is 0 Å². The summed E-state index contributed by atoms with van der Waals surface area (Å²) in [6.07, 6.45) is 7.98. The Morgan fingerprint density at radius 3 is 0.618 bits per heavy atom. The third kappa shape index (κ3) is 40.5. The summed E-state index contributed by atoms with van der Waals surface area (Å²) in [5, 5.41) is 0. The van der Waals surface area contributed by atoms with Gasteiger partial charge in [0.25, 0.3) is 0 Å². The highest BCUT2D eigenvalue weighted by Crippen LogP contribution is 2.45. The van der Waals surface area contributed by atoms with Gasteiger partial charge >= 0.3 is 0 Å². The summed E-state index contributed by atoms with van der Waals surface area (Å²) >= 11 is 0. The molecule has 0 N–H and O–H groups in total. The highest BCUT2D eigenvalue weighted by Gasteiger charge is 2.36. The van der Waals surface area contributed by atoms with Crippen LogP contribution in [0.3, 0.4) is 0 Å². The second-order valence-corrected chi connectivity index (χ2v) is 34.2. The zero-order valence-electron chi connectivity index (χ0n) is 57.0. The predicted molar refractivity (Wildman–Crippen MR) is 325 cm³/mol. The molecule has 0 aliphatic rings. The Labute approximate surface area is 440 Å². The van der Waals surface area contributed by atoms with Crippen molar-refractivity contribution in [1.82, 2.24) is 0 Å². The van der Waals surface area contributed by atoms with E-state index in [9.17, 15) is 0 Å². The van der Waals surface area contributed by atoms with E-state index in [4.69, 9.17) is 0 Å². The van der Waals surface area contributed by atoms with Crippen LogP contribution in [-0.4, -0.2) is 0 Å². The summed E-state index contributed by atoms with van der Waals surface area (Å²) in [5.41, 5.74) is 4.61. The molecule has 0 radical (unpaired) electrons. The monoisotopic (exact) mass is 965 g/mol. The lowest BCUT2D eigenvalue weighted by Gasteiger charge is -2.42. The molecule has 0 heteroatoms. The van der Waals surface area contributed by atoms with Gasteiger partial charge in [0.15, 0.2) is 0 Å². The van der Waals surface area contributed by atoms with Crippen LogP contribution in [0.15, 0.2) is 0 Å². The molecular weight excluding hydrogens is 817 g/mol. The molecule has 0 heterocycles. The molecule has 8 unspecified atom stereocenters. The summed E-state index contributed by atoms with van der Waals surface area (Å²) < 4.78 is 0. The molecule has 0 spiro atoms. The Morgan fingerprint density at radius 1 is 0.250 bits per heavy atom. The molecule has 0 aromatic heterocycles. The molecule has 0 amide bonds. The highest BCUT2D eigenvalue weighted by molar-refractivity contribution is 4.86. The Kier molecular flexibility index (Phi) is 37.0. The molecular formula is C68H148. The van der Waals surface area contributed by atoms with Gasteiger partial charge in [0.1, 0.15) is 0 Å². The fourth-order valence-electron chi connectivity index (χ4n) is 7.82. The summed E-state index contributed by atoms with van der Waals surface area (Å²) in [7, 11) is 0. The summed E-state index contributed by atoms with van der Waals surface area (Å²) in [6, 6.07) is 0. The highest BCUT2D eigenvalue weighted by atomic mass is 14.4. The van der Waals surface area contributed by atoms with Crippen LogP contribution in [0.25, 0.3) is 0 Å². The van der Waals surface area contributed by atoms with Gasteiger partial charge in [0, 0.05) is 0 Å². The fraction of sp³-hybridized carbons (Fsp3) is 1.00. The van der Waals surface area contributed by atoms with Gasteiger partial charge in [-0.25, -0.2) is 0 Å². The van der Waals surface area contributed by atoms with Gasteiger partial charge in [0.05, 0.1) is 0 Å². The van der Waals surface area contributed by atoms with Gasteiger partial charge in [-0.2, -0.15) is 0 Å². The largest absolute Gasteiger partial charge is 0.0654 e. The lowest BCUT2D eigenvalue weighted by atomic mass is 9.64. The van der Waals surface area contributed by atoms with Crippen LogP contribution in [0.5, 0.6) is 0 Å². The van der Waals surface area contributed by atoms with E-state index in [-0.39, 0.29) is 0 Å². The van der Waals surface area contributed by atoms with Crippen LogP contribution < -0.4 is 0 Å². The zero-order valence-corrected chi connectivity index (χ0v) is 57.0. The van der Waals surface area contributed by atoms with Gasteiger partial charge < -0.3 is 0 Å². The van der Waals surface area contributed by atoms with Gasteiger partial charge in [-0.15, -0.1) is 0 Å². The molecule has 0 aliphatic carbocycles. The Balaban J connectivity index is -0.000000173. The van der Waals surface area contributed by atoms with E-state index in [1.165, 1.54) is 38.5 Å².